The number of aromatic nitrogens is 1. The highest BCUT2D eigenvalue weighted by atomic mass is 32.1. The van der Waals surface area contributed by atoms with Gasteiger partial charge in [0.15, 0.2) is 16.3 Å². The highest BCUT2D eigenvalue weighted by molar-refractivity contribution is 7.07. The monoisotopic (exact) mass is 599 g/mol. The average Bonchev–Trinajstić information content (AvgIpc) is 3.30. The van der Waals surface area contributed by atoms with Gasteiger partial charge in [0.1, 0.15) is 6.61 Å². The van der Waals surface area contributed by atoms with Gasteiger partial charge in [0.25, 0.3) is 11.2 Å². The van der Waals surface area contributed by atoms with E-state index >= 15 is 0 Å². The SMILES string of the molecule is CCOC(=O)C1=C(C)N=c2s/c(=C\c3ccc(OCc4ccccc4[N+](=O)[O-])c(OCC)c3)c(=O)n2[C@H]1c1ccccc1. The Kier molecular flexibility index (Phi) is 8.82. The summed E-state index contributed by atoms with van der Waals surface area (Å²) in [6.07, 6.45) is 1.74. The van der Waals surface area contributed by atoms with Gasteiger partial charge in [-0.05, 0) is 56.2 Å². The molecule has 1 aromatic heterocycles. The zero-order valence-corrected chi connectivity index (χ0v) is 24.6. The third kappa shape index (κ3) is 6.12. The second-order valence-electron chi connectivity index (χ2n) is 9.53. The Bertz CT molecular complexity index is 1890. The van der Waals surface area contributed by atoms with Gasteiger partial charge in [0, 0.05) is 6.07 Å². The van der Waals surface area contributed by atoms with E-state index in [9.17, 15) is 19.7 Å². The molecule has 0 aliphatic carbocycles. The molecule has 0 bridgehead atoms. The second-order valence-corrected chi connectivity index (χ2v) is 10.5. The van der Waals surface area contributed by atoms with Crippen molar-refractivity contribution in [3.05, 3.63) is 131 Å². The molecule has 3 aromatic carbocycles. The first-order valence-electron chi connectivity index (χ1n) is 13.7. The van der Waals surface area contributed by atoms with Crippen LogP contribution in [0.1, 0.15) is 43.5 Å². The van der Waals surface area contributed by atoms with E-state index in [1.807, 2.05) is 37.3 Å². The molecule has 0 saturated carbocycles. The van der Waals surface area contributed by atoms with Crippen molar-refractivity contribution >= 4 is 29.1 Å². The van der Waals surface area contributed by atoms with Gasteiger partial charge in [0.2, 0.25) is 0 Å². The van der Waals surface area contributed by atoms with Crippen molar-refractivity contribution in [2.75, 3.05) is 13.2 Å². The van der Waals surface area contributed by atoms with E-state index < -0.39 is 16.9 Å². The number of nitro benzene ring substituents is 1. The highest BCUT2D eigenvalue weighted by Gasteiger charge is 2.33. The Balaban J connectivity index is 1.53. The molecule has 2 heterocycles. The van der Waals surface area contributed by atoms with Crippen LogP contribution in [0.5, 0.6) is 11.5 Å². The predicted molar refractivity (Wildman–Crippen MR) is 162 cm³/mol. The number of allylic oxidation sites excluding steroid dienone is 1. The van der Waals surface area contributed by atoms with Crippen LogP contribution in [0.3, 0.4) is 0 Å². The average molecular weight is 600 g/mol. The fourth-order valence-corrected chi connectivity index (χ4v) is 5.91. The molecule has 0 radical (unpaired) electrons. The normalized spacial score (nSPS) is 14.6. The lowest BCUT2D eigenvalue weighted by Gasteiger charge is -2.24. The summed E-state index contributed by atoms with van der Waals surface area (Å²) in [4.78, 5) is 42.9. The van der Waals surface area contributed by atoms with E-state index in [0.717, 1.165) is 5.56 Å². The number of nitrogens with zero attached hydrogens (tertiary/aromatic N) is 3. The van der Waals surface area contributed by atoms with Crippen molar-refractivity contribution in [2.45, 2.75) is 33.4 Å². The summed E-state index contributed by atoms with van der Waals surface area (Å²) in [6.45, 7) is 5.86. The summed E-state index contributed by atoms with van der Waals surface area (Å²) in [5.41, 5.74) is 2.40. The maximum atomic E-state index is 13.9. The molecule has 10 nitrogen and oxygen atoms in total. The molecular formula is C32H29N3O7S. The van der Waals surface area contributed by atoms with Crippen LogP contribution in [0, 0.1) is 10.1 Å². The maximum Gasteiger partial charge on any atom is 0.338 e. The van der Waals surface area contributed by atoms with E-state index in [2.05, 4.69) is 4.99 Å². The molecule has 5 rings (SSSR count). The van der Waals surface area contributed by atoms with E-state index in [-0.39, 0.29) is 24.5 Å². The lowest BCUT2D eigenvalue weighted by Crippen LogP contribution is -2.39. The van der Waals surface area contributed by atoms with Crippen molar-refractivity contribution < 1.29 is 23.9 Å². The molecule has 43 heavy (non-hydrogen) atoms. The molecular weight excluding hydrogens is 570 g/mol. The van der Waals surface area contributed by atoms with Gasteiger partial charge in [-0.1, -0.05) is 59.9 Å². The Morgan fingerprint density at radius 1 is 1.02 bits per heavy atom. The number of benzene rings is 3. The van der Waals surface area contributed by atoms with E-state index in [1.54, 1.807) is 60.9 Å². The minimum absolute atomic E-state index is 0.0171. The van der Waals surface area contributed by atoms with Crippen molar-refractivity contribution in [1.82, 2.24) is 4.57 Å². The van der Waals surface area contributed by atoms with Gasteiger partial charge in [-0.2, -0.15) is 0 Å². The standard InChI is InChI=1S/C32H29N3O7S/c1-4-40-26-17-21(15-16-25(26)42-19-23-13-9-10-14-24(23)35(38)39)18-27-30(36)34-29(22-11-7-6-8-12-22)28(31(37)41-5-2)20(3)33-32(34)43-27/h6-18,29H,4-5,19H2,1-3H3/b27-18-/t29-/m0/s1. The van der Waals surface area contributed by atoms with E-state index in [0.29, 0.717) is 49.8 Å². The number of rotatable bonds is 10. The van der Waals surface area contributed by atoms with Crippen LogP contribution >= 0.6 is 11.3 Å². The minimum Gasteiger partial charge on any atom is -0.490 e. The number of para-hydroxylation sites is 1. The molecule has 0 unspecified atom stereocenters. The molecule has 0 saturated heterocycles. The Hall–Kier alpha value is -5.03. The summed E-state index contributed by atoms with van der Waals surface area (Å²) in [7, 11) is 0. The van der Waals surface area contributed by atoms with Crippen LogP contribution in [0.15, 0.2) is 93.9 Å². The number of fused-ring (bicyclic) bond motifs is 1. The number of carbonyl (C=O) groups is 1. The smallest absolute Gasteiger partial charge is 0.338 e. The lowest BCUT2D eigenvalue weighted by molar-refractivity contribution is -0.385. The summed E-state index contributed by atoms with van der Waals surface area (Å²) < 4.78 is 19.0. The molecule has 1 atom stereocenters. The molecule has 1 aliphatic rings. The van der Waals surface area contributed by atoms with Crippen molar-refractivity contribution in [1.29, 1.82) is 0 Å². The summed E-state index contributed by atoms with van der Waals surface area (Å²) in [5, 5.41) is 11.4. The van der Waals surface area contributed by atoms with E-state index in [4.69, 9.17) is 14.2 Å². The van der Waals surface area contributed by atoms with Crippen LogP contribution in [-0.4, -0.2) is 28.7 Å². The Morgan fingerprint density at radius 3 is 2.49 bits per heavy atom. The fourth-order valence-electron chi connectivity index (χ4n) is 4.86. The van der Waals surface area contributed by atoms with Crippen LogP contribution in [-0.2, 0) is 16.1 Å². The van der Waals surface area contributed by atoms with Gasteiger partial charge in [-0.25, -0.2) is 9.79 Å². The first-order valence-corrected chi connectivity index (χ1v) is 14.5. The van der Waals surface area contributed by atoms with Crippen LogP contribution in [0.25, 0.3) is 6.08 Å². The van der Waals surface area contributed by atoms with Crippen LogP contribution in [0.2, 0.25) is 0 Å². The van der Waals surface area contributed by atoms with Crippen LogP contribution < -0.4 is 24.4 Å². The quantitative estimate of drug-likeness (QED) is 0.147. The Labute approximate surface area is 251 Å². The second kappa shape index (κ2) is 12.9. The largest absolute Gasteiger partial charge is 0.490 e. The molecule has 0 N–H and O–H groups in total. The third-order valence-corrected chi connectivity index (χ3v) is 7.75. The van der Waals surface area contributed by atoms with Crippen molar-refractivity contribution in [3.63, 3.8) is 0 Å². The van der Waals surface area contributed by atoms with Gasteiger partial charge < -0.3 is 14.2 Å². The zero-order chi connectivity index (χ0) is 30.5. The maximum absolute atomic E-state index is 13.9. The first-order chi connectivity index (χ1) is 20.8. The summed E-state index contributed by atoms with van der Waals surface area (Å²) in [5.74, 6) is 0.340. The van der Waals surface area contributed by atoms with Crippen LogP contribution in [0.4, 0.5) is 5.69 Å². The molecule has 11 heteroatoms. The lowest BCUT2D eigenvalue weighted by atomic mass is 9.96. The number of hydrogen-bond acceptors (Lipinski definition) is 9. The van der Waals surface area contributed by atoms with Crippen molar-refractivity contribution in [2.24, 2.45) is 4.99 Å². The summed E-state index contributed by atoms with van der Waals surface area (Å²) >= 11 is 1.23. The number of carbonyl (C=O) groups excluding carboxylic acids is 1. The number of esters is 1. The number of thiazole rings is 1. The summed E-state index contributed by atoms with van der Waals surface area (Å²) in [6, 6.07) is 20.3. The molecule has 4 aromatic rings. The number of nitro groups is 1. The van der Waals surface area contributed by atoms with E-state index in [1.165, 1.54) is 17.4 Å². The first kappa shape index (κ1) is 29.5. The number of ether oxygens (including phenoxy) is 3. The molecule has 220 valence electrons. The zero-order valence-electron chi connectivity index (χ0n) is 23.8. The van der Waals surface area contributed by atoms with Gasteiger partial charge in [0.05, 0.1) is 45.5 Å². The minimum atomic E-state index is -0.685. The molecule has 0 amide bonds. The molecule has 1 aliphatic heterocycles. The topological polar surface area (TPSA) is 122 Å². The molecule has 0 spiro atoms. The molecule has 0 fully saturated rings. The van der Waals surface area contributed by atoms with Gasteiger partial charge in [-0.3, -0.25) is 19.5 Å². The van der Waals surface area contributed by atoms with Crippen molar-refractivity contribution in [3.8, 4) is 11.5 Å². The number of hydrogen-bond donors (Lipinski definition) is 0. The van der Waals surface area contributed by atoms with Gasteiger partial charge >= 0.3 is 5.97 Å². The third-order valence-electron chi connectivity index (χ3n) is 6.77. The highest BCUT2D eigenvalue weighted by Crippen LogP contribution is 2.32. The fraction of sp³-hybridized carbons (Fsp3) is 0.219. The predicted octanol–water partition coefficient (Wildman–Crippen LogP) is 4.68. The Morgan fingerprint density at radius 2 is 1.77 bits per heavy atom. The van der Waals surface area contributed by atoms with Gasteiger partial charge in [-0.15, -0.1) is 0 Å².